The van der Waals surface area contributed by atoms with E-state index in [1.807, 2.05) is 0 Å². The summed E-state index contributed by atoms with van der Waals surface area (Å²) in [7, 11) is 1.78. The maximum absolute atomic E-state index is 6.09. The zero-order chi connectivity index (χ0) is 29.9. The first kappa shape index (κ1) is 26.7. The number of fused-ring (bicyclic) bond motifs is 8. The molecule has 3 nitrogen and oxygen atoms in total. The van der Waals surface area contributed by atoms with Crippen molar-refractivity contribution in [2.45, 2.75) is 46.5 Å². The number of hydrogen-bond donors (Lipinski definition) is 0. The minimum atomic E-state index is 0.915. The van der Waals surface area contributed by atoms with Crippen molar-refractivity contribution in [3.63, 3.8) is 0 Å². The Morgan fingerprint density at radius 1 is 0.636 bits per heavy atom. The van der Waals surface area contributed by atoms with Crippen LogP contribution >= 0.6 is 0 Å². The first-order chi connectivity index (χ1) is 21.5. The number of hydrogen-bond acceptors (Lipinski definition) is 2. The quantitative estimate of drug-likeness (QED) is 0.196. The third-order valence-corrected chi connectivity index (χ3v) is 9.48. The van der Waals surface area contributed by atoms with Crippen LogP contribution in [0.4, 0.5) is 0 Å². The Kier molecular flexibility index (Phi) is 6.30. The lowest BCUT2D eigenvalue weighted by molar-refractivity contribution is 0.418. The number of rotatable bonds is 4. The van der Waals surface area contributed by atoms with Crippen LogP contribution in [0.15, 0.2) is 97.1 Å². The maximum atomic E-state index is 6.09. The molecule has 0 spiro atoms. The summed E-state index contributed by atoms with van der Waals surface area (Å²) in [6, 6.07) is 35.4. The predicted octanol–water partition coefficient (Wildman–Crippen LogP) is 10.5. The Balaban J connectivity index is 1.32. The third-order valence-electron chi connectivity index (χ3n) is 9.48. The van der Waals surface area contributed by atoms with Gasteiger partial charge in [-0.15, -0.1) is 0 Å². The monoisotopic (exact) mass is 572 g/mol. The van der Waals surface area contributed by atoms with Gasteiger partial charge in [-0.1, -0.05) is 78.9 Å². The van der Waals surface area contributed by atoms with E-state index in [-0.39, 0.29) is 0 Å². The first-order valence-electron chi connectivity index (χ1n) is 15.7. The van der Waals surface area contributed by atoms with E-state index in [4.69, 9.17) is 9.72 Å². The van der Waals surface area contributed by atoms with E-state index in [1.165, 1.54) is 79.3 Å². The molecule has 0 saturated carbocycles. The number of aromatic nitrogens is 2. The van der Waals surface area contributed by atoms with Gasteiger partial charge in [-0.2, -0.15) is 0 Å². The molecule has 0 fully saturated rings. The van der Waals surface area contributed by atoms with Crippen LogP contribution in [0.2, 0.25) is 0 Å². The Labute approximate surface area is 258 Å². The van der Waals surface area contributed by atoms with Crippen molar-refractivity contribution in [3.05, 3.63) is 125 Å². The van der Waals surface area contributed by atoms with E-state index in [1.54, 1.807) is 7.11 Å². The van der Waals surface area contributed by atoms with Gasteiger partial charge in [-0.05, 0) is 109 Å². The fourth-order valence-electron chi connectivity index (χ4n) is 7.61. The molecule has 216 valence electrons. The maximum Gasteiger partial charge on any atom is 0.145 e. The smallest absolute Gasteiger partial charge is 0.145 e. The average Bonchev–Trinajstić information content (AvgIpc) is 3.45. The summed E-state index contributed by atoms with van der Waals surface area (Å²) in [6.45, 7) is 6.65. The van der Waals surface area contributed by atoms with Gasteiger partial charge in [-0.25, -0.2) is 4.98 Å². The van der Waals surface area contributed by atoms with E-state index in [0.29, 0.717) is 0 Å². The molecule has 1 aliphatic rings. The molecule has 5 aromatic carbocycles. The van der Waals surface area contributed by atoms with Crippen LogP contribution in [-0.2, 0) is 12.8 Å². The van der Waals surface area contributed by atoms with Gasteiger partial charge in [0.2, 0.25) is 0 Å². The highest BCUT2D eigenvalue weighted by molar-refractivity contribution is 6.12. The predicted molar refractivity (Wildman–Crippen MR) is 184 cm³/mol. The van der Waals surface area contributed by atoms with E-state index >= 15 is 0 Å². The lowest BCUT2D eigenvalue weighted by Gasteiger charge is -2.19. The van der Waals surface area contributed by atoms with Crippen LogP contribution in [0, 0.1) is 20.8 Å². The summed E-state index contributed by atoms with van der Waals surface area (Å²) < 4.78 is 8.56. The van der Waals surface area contributed by atoms with E-state index in [9.17, 15) is 0 Å². The summed E-state index contributed by atoms with van der Waals surface area (Å²) in [6.07, 6.45) is 4.61. The molecule has 0 saturated heterocycles. The molecule has 1 aliphatic carbocycles. The molecule has 0 N–H and O–H groups in total. The number of benzene rings is 5. The fraction of sp³-hybridized carbons (Fsp3) is 0.195. The Morgan fingerprint density at radius 2 is 1.32 bits per heavy atom. The molecule has 0 radical (unpaired) electrons. The van der Waals surface area contributed by atoms with E-state index in [0.717, 1.165) is 40.9 Å². The van der Waals surface area contributed by atoms with Gasteiger partial charge >= 0.3 is 0 Å². The zero-order valence-corrected chi connectivity index (χ0v) is 25.9. The van der Waals surface area contributed by atoms with E-state index < -0.39 is 0 Å². The van der Waals surface area contributed by atoms with Gasteiger partial charge < -0.3 is 4.74 Å². The summed E-state index contributed by atoms with van der Waals surface area (Å²) >= 11 is 0. The molecule has 0 atom stereocenters. The number of pyridine rings is 1. The molecule has 0 bridgehead atoms. The van der Waals surface area contributed by atoms with Crippen LogP contribution < -0.4 is 4.74 Å². The second-order valence-corrected chi connectivity index (χ2v) is 12.4. The highest BCUT2D eigenvalue weighted by atomic mass is 16.5. The largest absolute Gasteiger partial charge is 0.495 e. The van der Waals surface area contributed by atoms with Crippen molar-refractivity contribution >= 4 is 27.3 Å². The number of nitrogens with zero attached hydrogens (tertiary/aromatic N) is 2. The third kappa shape index (κ3) is 4.14. The molecule has 0 amide bonds. The number of ether oxygens (including phenoxy) is 1. The topological polar surface area (TPSA) is 26.5 Å². The first-order valence-corrected chi connectivity index (χ1v) is 15.7. The van der Waals surface area contributed by atoms with Crippen molar-refractivity contribution in [2.75, 3.05) is 7.11 Å². The van der Waals surface area contributed by atoms with E-state index in [2.05, 4.69) is 122 Å². The lowest BCUT2D eigenvalue weighted by Crippen LogP contribution is -2.04. The van der Waals surface area contributed by atoms with Gasteiger partial charge in [-0.3, -0.25) is 4.40 Å². The van der Waals surface area contributed by atoms with Crippen LogP contribution in [0.3, 0.4) is 0 Å². The Morgan fingerprint density at radius 3 is 2.07 bits per heavy atom. The Hall–Kier alpha value is -4.89. The SMILES string of the molecule is COc1c(-c2ccccc2)cc(C)cc1-c1cc(C)c(-c2ccc3c4ccccc4c4nc5c(n4c3c2)CCCC5)c(C)c1. The van der Waals surface area contributed by atoms with Crippen molar-refractivity contribution in [1.82, 2.24) is 9.38 Å². The van der Waals surface area contributed by atoms with Gasteiger partial charge in [0.1, 0.15) is 11.4 Å². The van der Waals surface area contributed by atoms with Crippen molar-refractivity contribution in [2.24, 2.45) is 0 Å². The molecule has 44 heavy (non-hydrogen) atoms. The van der Waals surface area contributed by atoms with Crippen LogP contribution in [0.25, 0.3) is 60.7 Å². The molecule has 2 heterocycles. The lowest BCUT2D eigenvalue weighted by atomic mass is 9.88. The normalized spacial score (nSPS) is 13.1. The highest BCUT2D eigenvalue weighted by Crippen LogP contribution is 2.43. The second kappa shape index (κ2) is 10.4. The molecule has 3 heteroatoms. The second-order valence-electron chi connectivity index (χ2n) is 12.4. The zero-order valence-electron chi connectivity index (χ0n) is 25.9. The minimum Gasteiger partial charge on any atom is -0.495 e. The van der Waals surface area contributed by atoms with Crippen LogP contribution in [-0.4, -0.2) is 16.5 Å². The number of imidazole rings is 1. The molecule has 7 aromatic rings. The highest BCUT2D eigenvalue weighted by Gasteiger charge is 2.21. The average molecular weight is 573 g/mol. The number of aryl methyl sites for hydroxylation is 5. The molecule has 0 unspecified atom stereocenters. The van der Waals surface area contributed by atoms with Gasteiger partial charge in [0.15, 0.2) is 0 Å². The van der Waals surface area contributed by atoms with Crippen molar-refractivity contribution in [1.29, 1.82) is 0 Å². The molecular formula is C41H36N2O. The van der Waals surface area contributed by atoms with Crippen LogP contribution in [0.1, 0.15) is 40.9 Å². The van der Waals surface area contributed by atoms with Gasteiger partial charge in [0.25, 0.3) is 0 Å². The van der Waals surface area contributed by atoms with Gasteiger partial charge in [0.05, 0.1) is 18.3 Å². The summed E-state index contributed by atoms with van der Waals surface area (Å²) in [5.41, 5.74) is 15.9. The standard InChI is InChI=1S/C41H36N2O/c1-25-20-34(28-12-6-5-7-13-28)40(44-4)35(21-25)30-22-26(2)39(27(3)23-30)29-18-19-32-31-14-8-9-15-33(31)41-42-36-16-10-11-17-37(36)43(41)38(32)24-29/h5-9,12-15,18-24H,10-11,16-17H2,1-4H3. The summed E-state index contributed by atoms with van der Waals surface area (Å²) in [5.74, 6) is 0.915. The summed E-state index contributed by atoms with van der Waals surface area (Å²) in [4.78, 5) is 5.22. The van der Waals surface area contributed by atoms with Crippen LogP contribution in [0.5, 0.6) is 5.75 Å². The molecule has 0 aliphatic heterocycles. The number of methoxy groups -OCH3 is 1. The van der Waals surface area contributed by atoms with Crippen molar-refractivity contribution in [3.8, 4) is 39.1 Å². The van der Waals surface area contributed by atoms with Gasteiger partial charge in [0, 0.05) is 27.6 Å². The fourth-order valence-corrected chi connectivity index (χ4v) is 7.61. The molecule has 2 aromatic heterocycles. The minimum absolute atomic E-state index is 0.915. The van der Waals surface area contributed by atoms with Crippen molar-refractivity contribution < 1.29 is 4.74 Å². The molecule has 8 rings (SSSR count). The molecular weight excluding hydrogens is 536 g/mol. The summed E-state index contributed by atoms with van der Waals surface area (Å²) in [5, 5.41) is 3.79. The Bertz CT molecular complexity index is 2220.